The highest BCUT2D eigenvalue weighted by Gasteiger charge is 2.13. The first-order valence-electron chi connectivity index (χ1n) is 6.62. The molecule has 0 radical (unpaired) electrons. The lowest BCUT2D eigenvalue weighted by molar-refractivity contribution is 0.415. The zero-order chi connectivity index (χ0) is 15.7. The van der Waals surface area contributed by atoms with Crippen molar-refractivity contribution in [2.24, 2.45) is 4.36 Å². The molecule has 0 saturated heterocycles. The van der Waals surface area contributed by atoms with Crippen LogP contribution in [0.3, 0.4) is 0 Å². The molecule has 6 heteroatoms. The molecule has 0 aliphatic rings. The Balaban J connectivity index is 2.10. The van der Waals surface area contributed by atoms with Crippen molar-refractivity contribution in [3.63, 3.8) is 0 Å². The quantitative estimate of drug-likeness (QED) is 0.790. The smallest absolute Gasteiger partial charge is 0.125 e. The molecule has 1 heterocycles. The summed E-state index contributed by atoms with van der Waals surface area (Å²) in [6, 6.07) is 11.4. The second-order valence-electron chi connectivity index (χ2n) is 4.93. The van der Waals surface area contributed by atoms with E-state index in [1.807, 2.05) is 0 Å². The van der Waals surface area contributed by atoms with Crippen LogP contribution in [0.2, 0.25) is 0 Å². The van der Waals surface area contributed by atoms with Gasteiger partial charge in [-0.2, -0.15) is 4.36 Å². The average Bonchev–Trinajstić information content (AvgIpc) is 2.91. The summed E-state index contributed by atoms with van der Waals surface area (Å²) in [4.78, 5) is 3.51. The van der Waals surface area contributed by atoms with Crippen LogP contribution in [0.1, 0.15) is 0 Å². The fourth-order valence-electron chi connectivity index (χ4n) is 2.28. The van der Waals surface area contributed by atoms with Gasteiger partial charge in [-0.25, -0.2) is 8.60 Å². The number of H-pyrrole nitrogens is 1. The molecular formula is C16H15FN2O2S. The molecule has 0 fully saturated rings. The summed E-state index contributed by atoms with van der Waals surface area (Å²) in [6.07, 6.45) is 3.20. The normalized spacial score (nSPS) is 13.8. The van der Waals surface area contributed by atoms with Crippen LogP contribution in [-0.2, 0) is 9.73 Å². The number of ether oxygens (including phenoxy) is 1. The predicted molar refractivity (Wildman–Crippen MR) is 85.7 cm³/mol. The van der Waals surface area contributed by atoms with Crippen LogP contribution in [0, 0.1) is 5.82 Å². The van der Waals surface area contributed by atoms with Gasteiger partial charge in [-0.15, -0.1) is 0 Å². The van der Waals surface area contributed by atoms with Gasteiger partial charge in [-0.1, -0.05) is 0 Å². The van der Waals surface area contributed by atoms with Crippen molar-refractivity contribution in [2.45, 2.75) is 4.90 Å². The molecule has 2 aromatic carbocycles. The molecule has 0 aliphatic carbocycles. The lowest BCUT2D eigenvalue weighted by atomic mass is 10.2. The van der Waals surface area contributed by atoms with Gasteiger partial charge in [-0.3, -0.25) is 0 Å². The molecule has 1 atom stereocenters. The number of fused-ring (bicyclic) bond motifs is 1. The summed E-state index contributed by atoms with van der Waals surface area (Å²) in [5.41, 5.74) is 1.21. The molecule has 1 unspecified atom stereocenters. The van der Waals surface area contributed by atoms with Crippen LogP contribution in [0.4, 0.5) is 10.1 Å². The number of rotatable bonds is 3. The number of nitrogens with one attached hydrogen (secondary N) is 1. The van der Waals surface area contributed by atoms with E-state index in [1.54, 1.807) is 49.9 Å². The number of aromatic nitrogens is 1. The van der Waals surface area contributed by atoms with Crippen LogP contribution < -0.4 is 4.74 Å². The molecule has 4 nitrogen and oxygen atoms in total. The number of hydrogen-bond acceptors (Lipinski definition) is 3. The Morgan fingerprint density at radius 1 is 1.18 bits per heavy atom. The zero-order valence-corrected chi connectivity index (χ0v) is 13.0. The van der Waals surface area contributed by atoms with Gasteiger partial charge < -0.3 is 9.72 Å². The van der Waals surface area contributed by atoms with Crippen molar-refractivity contribution in [3.05, 3.63) is 54.5 Å². The molecule has 22 heavy (non-hydrogen) atoms. The van der Waals surface area contributed by atoms with E-state index in [2.05, 4.69) is 9.35 Å². The van der Waals surface area contributed by atoms with Crippen molar-refractivity contribution in [3.8, 4) is 5.75 Å². The highest BCUT2D eigenvalue weighted by molar-refractivity contribution is 7.93. The summed E-state index contributed by atoms with van der Waals surface area (Å²) in [5.74, 6) is 0.375. The molecule has 0 amide bonds. The minimum absolute atomic E-state index is 0.337. The number of halogens is 1. The molecule has 3 aromatic rings. The van der Waals surface area contributed by atoms with E-state index in [1.165, 1.54) is 12.1 Å². The van der Waals surface area contributed by atoms with E-state index in [-0.39, 0.29) is 5.82 Å². The highest BCUT2D eigenvalue weighted by atomic mass is 32.2. The van der Waals surface area contributed by atoms with Crippen molar-refractivity contribution >= 4 is 26.3 Å². The minimum Gasteiger partial charge on any atom is -0.497 e. The molecule has 0 bridgehead atoms. The Kier molecular flexibility index (Phi) is 3.62. The summed E-state index contributed by atoms with van der Waals surface area (Å²) >= 11 is 0. The van der Waals surface area contributed by atoms with Gasteiger partial charge >= 0.3 is 0 Å². The van der Waals surface area contributed by atoms with Gasteiger partial charge in [0.1, 0.15) is 11.6 Å². The molecular weight excluding hydrogens is 303 g/mol. The van der Waals surface area contributed by atoms with E-state index in [9.17, 15) is 8.60 Å². The SMILES string of the molecule is COc1ccc(N=S(C)(=O)c2c[nH]c3cc(F)ccc23)cc1. The van der Waals surface area contributed by atoms with Gasteiger partial charge in [0, 0.05) is 23.4 Å². The Morgan fingerprint density at radius 3 is 2.59 bits per heavy atom. The van der Waals surface area contributed by atoms with E-state index >= 15 is 0 Å². The van der Waals surface area contributed by atoms with Crippen molar-refractivity contribution in [1.29, 1.82) is 0 Å². The number of aromatic amines is 1. The third-order valence-corrected chi connectivity index (χ3v) is 5.08. The first kappa shape index (κ1) is 14.6. The van der Waals surface area contributed by atoms with Gasteiger partial charge in [-0.05, 0) is 42.5 Å². The van der Waals surface area contributed by atoms with Crippen LogP contribution in [-0.4, -0.2) is 22.6 Å². The number of nitrogens with zero attached hydrogens (tertiary/aromatic N) is 1. The maximum atomic E-state index is 13.2. The Hall–Kier alpha value is -2.34. The van der Waals surface area contributed by atoms with Crippen LogP contribution >= 0.6 is 0 Å². The summed E-state index contributed by atoms with van der Waals surface area (Å²) in [5, 5.41) is 0.714. The summed E-state index contributed by atoms with van der Waals surface area (Å²) in [6.45, 7) is 0. The molecule has 3 rings (SSSR count). The van der Waals surface area contributed by atoms with E-state index in [0.717, 1.165) is 0 Å². The highest BCUT2D eigenvalue weighted by Crippen LogP contribution is 2.27. The Labute approximate surface area is 128 Å². The molecule has 1 N–H and O–H groups in total. The monoisotopic (exact) mass is 318 g/mol. The Morgan fingerprint density at radius 2 is 1.91 bits per heavy atom. The zero-order valence-electron chi connectivity index (χ0n) is 12.2. The van der Waals surface area contributed by atoms with E-state index < -0.39 is 9.73 Å². The third kappa shape index (κ3) is 2.69. The van der Waals surface area contributed by atoms with Gasteiger partial charge in [0.2, 0.25) is 0 Å². The van der Waals surface area contributed by atoms with Crippen LogP contribution in [0.15, 0.2) is 57.9 Å². The second kappa shape index (κ2) is 5.46. The Bertz CT molecular complexity index is 938. The van der Waals surface area contributed by atoms with E-state index in [0.29, 0.717) is 27.2 Å². The number of hydrogen-bond donors (Lipinski definition) is 1. The largest absolute Gasteiger partial charge is 0.497 e. The fraction of sp³-hybridized carbons (Fsp3) is 0.125. The standard InChI is InChI=1S/C16H15FN2O2S/c1-21-13-6-4-12(5-7-13)19-22(2,20)16-10-18-15-9-11(17)3-8-14(15)16/h3-10,18H,1-2H3. The molecule has 0 saturated carbocycles. The number of methoxy groups -OCH3 is 1. The van der Waals surface area contributed by atoms with E-state index in [4.69, 9.17) is 4.74 Å². The van der Waals surface area contributed by atoms with Gasteiger partial charge in [0.25, 0.3) is 0 Å². The first-order chi connectivity index (χ1) is 10.5. The fourth-order valence-corrected chi connectivity index (χ4v) is 3.76. The van der Waals surface area contributed by atoms with Gasteiger partial charge in [0.15, 0.2) is 0 Å². The molecule has 0 spiro atoms. The summed E-state index contributed by atoms with van der Waals surface area (Å²) in [7, 11) is -1.07. The number of benzene rings is 2. The van der Waals surface area contributed by atoms with Crippen molar-refractivity contribution in [2.75, 3.05) is 13.4 Å². The van der Waals surface area contributed by atoms with Gasteiger partial charge in [0.05, 0.1) is 27.4 Å². The van der Waals surface area contributed by atoms with Crippen LogP contribution in [0.5, 0.6) is 5.75 Å². The lowest BCUT2D eigenvalue weighted by Gasteiger charge is -2.04. The summed E-state index contributed by atoms with van der Waals surface area (Å²) < 4.78 is 35.6. The average molecular weight is 318 g/mol. The topological polar surface area (TPSA) is 54.4 Å². The van der Waals surface area contributed by atoms with Crippen molar-refractivity contribution in [1.82, 2.24) is 4.98 Å². The van der Waals surface area contributed by atoms with Crippen LogP contribution in [0.25, 0.3) is 10.9 Å². The first-order valence-corrected chi connectivity index (χ1v) is 8.55. The minimum atomic E-state index is -2.65. The third-order valence-electron chi connectivity index (χ3n) is 3.37. The maximum absolute atomic E-state index is 13.2. The molecule has 1 aromatic heterocycles. The second-order valence-corrected chi connectivity index (χ2v) is 7.16. The molecule has 114 valence electrons. The van der Waals surface area contributed by atoms with Crippen molar-refractivity contribution < 1.29 is 13.3 Å². The lowest BCUT2D eigenvalue weighted by Crippen LogP contribution is -1.95. The maximum Gasteiger partial charge on any atom is 0.125 e. The molecule has 0 aliphatic heterocycles. The predicted octanol–water partition coefficient (Wildman–Crippen LogP) is 4.10.